The zero-order chi connectivity index (χ0) is 8.39. The van der Waals surface area contributed by atoms with E-state index in [1.807, 2.05) is 24.9 Å². The molecule has 1 aromatic heterocycles. The summed E-state index contributed by atoms with van der Waals surface area (Å²) in [7, 11) is 0. The fourth-order valence-electron chi connectivity index (χ4n) is 1.41. The molecule has 1 atom stereocenters. The second kappa shape index (κ2) is 3.49. The van der Waals surface area contributed by atoms with E-state index in [9.17, 15) is 0 Å². The van der Waals surface area contributed by atoms with Gasteiger partial charge in [-0.2, -0.15) is 11.8 Å². The van der Waals surface area contributed by atoms with Crippen LogP contribution in [0.1, 0.15) is 17.4 Å². The van der Waals surface area contributed by atoms with Crippen LogP contribution in [0.3, 0.4) is 0 Å². The zero-order valence-corrected chi connectivity index (χ0v) is 7.86. The van der Waals surface area contributed by atoms with Crippen LogP contribution in [0.15, 0.2) is 10.7 Å². The molecule has 1 aromatic rings. The van der Waals surface area contributed by atoms with Gasteiger partial charge in [-0.15, -0.1) is 0 Å². The molecule has 1 unspecified atom stereocenters. The van der Waals surface area contributed by atoms with Gasteiger partial charge in [-0.05, 0) is 6.92 Å². The number of rotatable bonds is 1. The Kier molecular flexibility index (Phi) is 2.37. The van der Waals surface area contributed by atoms with Crippen LogP contribution >= 0.6 is 11.8 Å². The highest BCUT2D eigenvalue weighted by molar-refractivity contribution is 7.99. The van der Waals surface area contributed by atoms with Crippen LogP contribution in [0.2, 0.25) is 0 Å². The summed E-state index contributed by atoms with van der Waals surface area (Å²) in [6.07, 6.45) is 1.82. The number of aromatic nitrogens is 1. The van der Waals surface area contributed by atoms with E-state index in [-0.39, 0.29) is 0 Å². The highest BCUT2D eigenvalue weighted by Gasteiger charge is 2.18. The van der Waals surface area contributed by atoms with Gasteiger partial charge < -0.3 is 9.84 Å². The summed E-state index contributed by atoms with van der Waals surface area (Å²) in [6, 6.07) is 0.440. The van der Waals surface area contributed by atoms with E-state index >= 15 is 0 Å². The Hall–Kier alpha value is -0.480. The first-order valence-electron chi connectivity index (χ1n) is 4.10. The molecule has 2 heterocycles. The summed E-state index contributed by atoms with van der Waals surface area (Å²) >= 11 is 1.98. The fraction of sp³-hybridized carbons (Fsp3) is 0.625. The highest BCUT2D eigenvalue weighted by Crippen LogP contribution is 2.23. The standard InChI is InChI=1S/C8H12N2OS/c1-6-7(4-10-11-6)8-5-12-3-2-9-8/h4,8-9H,2-3,5H2,1H3. The summed E-state index contributed by atoms with van der Waals surface area (Å²) in [5.41, 5.74) is 1.21. The van der Waals surface area contributed by atoms with Crippen LogP contribution < -0.4 is 5.32 Å². The van der Waals surface area contributed by atoms with Crippen LogP contribution in [-0.4, -0.2) is 23.2 Å². The van der Waals surface area contributed by atoms with Gasteiger partial charge in [0.25, 0.3) is 0 Å². The number of hydrogen-bond acceptors (Lipinski definition) is 4. The topological polar surface area (TPSA) is 38.1 Å². The highest BCUT2D eigenvalue weighted by atomic mass is 32.2. The van der Waals surface area contributed by atoms with E-state index in [4.69, 9.17) is 4.52 Å². The lowest BCUT2D eigenvalue weighted by molar-refractivity contribution is 0.394. The van der Waals surface area contributed by atoms with Gasteiger partial charge in [0.2, 0.25) is 0 Å². The lowest BCUT2D eigenvalue weighted by atomic mass is 10.1. The van der Waals surface area contributed by atoms with Crippen LogP contribution in [0.4, 0.5) is 0 Å². The van der Waals surface area contributed by atoms with Gasteiger partial charge in [0.05, 0.1) is 6.20 Å². The molecule has 12 heavy (non-hydrogen) atoms. The quantitative estimate of drug-likeness (QED) is 0.715. The molecule has 1 aliphatic rings. The first-order valence-corrected chi connectivity index (χ1v) is 5.25. The lowest BCUT2D eigenvalue weighted by Gasteiger charge is -2.21. The molecule has 3 nitrogen and oxygen atoms in total. The number of aryl methyl sites for hydroxylation is 1. The summed E-state index contributed by atoms with van der Waals surface area (Å²) in [5, 5.41) is 7.21. The molecule has 0 saturated carbocycles. The van der Waals surface area contributed by atoms with Crippen molar-refractivity contribution in [3.8, 4) is 0 Å². The molecule has 1 aliphatic heterocycles. The van der Waals surface area contributed by atoms with E-state index in [1.165, 1.54) is 11.3 Å². The van der Waals surface area contributed by atoms with Gasteiger partial charge in [0.1, 0.15) is 5.76 Å². The van der Waals surface area contributed by atoms with Crippen molar-refractivity contribution < 1.29 is 4.52 Å². The van der Waals surface area contributed by atoms with Crippen molar-refractivity contribution in [2.45, 2.75) is 13.0 Å². The van der Waals surface area contributed by atoms with Crippen molar-refractivity contribution in [1.82, 2.24) is 10.5 Å². The smallest absolute Gasteiger partial charge is 0.138 e. The summed E-state index contributed by atoms with van der Waals surface area (Å²) in [5.74, 6) is 3.28. The normalized spacial score (nSPS) is 24.2. The van der Waals surface area contributed by atoms with Crippen molar-refractivity contribution in [3.63, 3.8) is 0 Å². The molecule has 0 bridgehead atoms. The maximum atomic E-state index is 5.02. The number of hydrogen-bond donors (Lipinski definition) is 1. The van der Waals surface area contributed by atoms with Gasteiger partial charge in [-0.25, -0.2) is 0 Å². The van der Waals surface area contributed by atoms with E-state index < -0.39 is 0 Å². The van der Waals surface area contributed by atoms with Crippen LogP contribution in [0.5, 0.6) is 0 Å². The molecule has 2 rings (SSSR count). The molecule has 0 aromatic carbocycles. The Morgan fingerprint density at radius 3 is 3.25 bits per heavy atom. The van der Waals surface area contributed by atoms with Gasteiger partial charge in [-0.1, -0.05) is 5.16 Å². The maximum Gasteiger partial charge on any atom is 0.138 e. The maximum absolute atomic E-state index is 5.02. The Bertz CT molecular complexity index is 255. The van der Waals surface area contributed by atoms with E-state index in [1.54, 1.807) is 0 Å². The molecule has 0 aliphatic carbocycles. The third-order valence-corrected chi connectivity index (χ3v) is 3.15. The van der Waals surface area contributed by atoms with Gasteiger partial charge in [-0.3, -0.25) is 0 Å². The Balaban J connectivity index is 2.13. The zero-order valence-electron chi connectivity index (χ0n) is 7.04. The van der Waals surface area contributed by atoms with Gasteiger partial charge >= 0.3 is 0 Å². The predicted molar refractivity (Wildman–Crippen MR) is 49.3 cm³/mol. The lowest BCUT2D eigenvalue weighted by Crippen LogP contribution is -2.30. The first-order chi connectivity index (χ1) is 5.88. The van der Waals surface area contributed by atoms with Crippen molar-refractivity contribution in [2.75, 3.05) is 18.1 Å². The molecule has 0 amide bonds. The minimum absolute atomic E-state index is 0.440. The van der Waals surface area contributed by atoms with Crippen LogP contribution in [0, 0.1) is 6.92 Å². The molecular formula is C8H12N2OS. The second-order valence-corrected chi connectivity index (χ2v) is 4.07. The summed E-state index contributed by atoms with van der Waals surface area (Å²) in [4.78, 5) is 0. The van der Waals surface area contributed by atoms with Crippen molar-refractivity contribution in [3.05, 3.63) is 17.5 Å². The Morgan fingerprint density at radius 1 is 1.75 bits per heavy atom. The summed E-state index contributed by atoms with van der Waals surface area (Å²) < 4.78 is 5.02. The average Bonchev–Trinajstić information content (AvgIpc) is 2.53. The number of thioether (sulfide) groups is 1. The largest absolute Gasteiger partial charge is 0.361 e. The Morgan fingerprint density at radius 2 is 2.67 bits per heavy atom. The summed E-state index contributed by atoms with van der Waals surface area (Å²) in [6.45, 7) is 3.04. The third kappa shape index (κ3) is 1.49. The number of nitrogens with one attached hydrogen (secondary N) is 1. The molecule has 1 N–H and O–H groups in total. The molecule has 66 valence electrons. The first kappa shape index (κ1) is 8.13. The second-order valence-electron chi connectivity index (χ2n) is 2.92. The van der Waals surface area contributed by atoms with Crippen molar-refractivity contribution in [1.29, 1.82) is 0 Å². The van der Waals surface area contributed by atoms with Crippen molar-refractivity contribution in [2.24, 2.45) is 0 Å². The van der Waals surface area contributed by atoms with E-state index in [2.05, 4.69) is 10.5 Å². The molecule has 0 radical (unpaired) electrons. The van der Waals surface area contributed by atoms with Crippen LogP contribution in [-0.2, 0) is 0 Å². The van der Waals surface area contributed by atoms with E-state index in [0.717, 1.165) is 18.1 Å². The van der Waals surface area contributed by atoms with Gasteiger partial charge in [0.15, 0.2) is 0 Å². The van der Waals surface area contributed by atoms with Crippen molar-refractivity contribution >= 4 is 11.8 Å². The molecule has 1 fully saturated rings. The molecular weight excluding hydrogens is 172 g/mol. The predicted octanol–water partition coefficient (Wildman–Crippen LogP) is 1.36. The minimum atomic E-state index is 0.440. The molecule has 0 spiro atoms. The third-order valence-electron chi connectivity index (χ3n) is 2.09. The fourth-order valence-corrected chi connectivity index (χ4v) is 2.37. The minimum Gasteiger partial charge on any atom is -0.361 e. The van der Waals surface area contributed by atoms with Crippen LogP contribution in [0.25, 0.3) is 0 Å². The van der Waals surface area contributed by atoms with Gasteiger partial charge in [0, 0.05) is 29.7 Å². The molecule has 4 heteroatoms. The monoisotopic (exact) mass is 184 g/mol. The Labute approximate surface area is 75.9 Å². The number of nitrogens with zero attached hydrogens (tertiary/aromatic N) is 1. The average molecular weight is 184 g/mol. The van der Waals surface area contributed by atoms with E-state index in [0.29, 0.717) is 6.04 Å². The molecule has 1 saturated heterocycles. The SMILES string of the molecule is Cc1oncc1C1CSCCN1.